The molecule has 0 saturated heterocycles. The number of fused-ring (bicyclic) bond motifs is 1. The van der Waals surface area contributed by atoms with Gasteiger partial charge < -0.3 is 10.6 Å². The minimum Gasteiger partial charge on any atom is -0.352 e. The smallest absolute Gasteiger partial charge is 0.251 e. The SMILES string of the molecule is CCCCCCCCNC(=O)c1ccc2c(c1)NC(=O)C2. The molecule has 0 aliphatic carbocycles. The van der Waals surface area contributed by atoms with Gasteiger partial charge in [-0.15, -0.1) is 0 Å². The monoisotopic (exact) mass is 288 g/mol. The number of benzene rings is 1. The molecule has 2 rings (SSSR count). The van der Waals surface area contributed by atoms with Crippen molar-refractivity contribution in [3.05, 3.63) is 29.3 Å². The fourth-order valence-corrected chi connectivity index (χ4v) is 2.56. The van der Waals surface area contributed by atoms with E-state index in [4.69, 9.17) is 0 Å². The average Bonchev–Trinajstić information content (AvgIpc) is 2.85. The summed E-state index contributed by atoms with van der Waals surface area (Å²) in [6.07, 6.45) is 7.69. The summed E-state index contributed by atoms with van der Waals surface area (Å²) in [5, 5.41) is 5.71. The molecule has 2 amide bonds. The molecule has 1 aromatic rings. The maximum absolute atomic E-state index is 12.0. The Morgan fingerprint density at radius 2 is 1.95 bits per heavy atom. The van der Waals surface area contributed by atoms with Crippen molar-refractivity contribution in [1.29, 1.82) is 0 Å². The van der Waals surface area contributed by atoms with Gasteiger partial charge in [0, 0.05) is 17.8 Å². The van der Waals surface area contributed by atoms with Gasteiger partial charge in [-0.25, -0.2) is 0 Å². The molecule has 0 bridgehead atoms. The molecule has 4 heteroatoms. The van der Waals surface area contributed by atoms with E-state index in [0.29, 0.717) is 18.5 Å². The highest BCUT2D eigenvalue weighted by molar-refractivity contribution is 6.02. The molecule has 114 valence electrons. The van der Waals surface area contributed by atoms with E-state index in [9.17, 15) is 9.59 Å². The molecular weight excluding hydrogens is 264 g/mol. The molecule has 0 aromatic heterocycles. The van der Waals surface area contributed by atoms with Crippen LogP contribution < -0.4 is 10.6 Å². The molecule has 0 fully saturated rings. The van der Waals surface area contributed by atoms with Gasteiger partial charge in [0.2, 0.25) is 5.91 Å². The zero-order valence-corrected chi connectivity index (χ0v) is 12.7. The summed E-state index contributed by atoms with van der Waals surface area (Å²) in [5.41, 5.74) is 2.35. The summed E-state index contributed by atoms with van der Waals surface area (Å²) in [5.74, 6) is -0.0675. The first-order chi connectivity index (χ1) is 10.2. The number of unbranched alkanes of at least 4 members (excludes halogenated alkanes) is 5. The third kappa shape index (κ3) is 4.59. The number of hydrogen-bond acceptors (Lipinski definition) is 2. The lowest BCUT2D eigenvalue weighted by atomic mass is 10.1. The van der Waals surface area contributed by atoms with Crippen molar-refractivity contribution in [2.24, 2.45) is 0 Å². The Morgan fingerprint density at radius 3 is 2.76 bits per heavy atom. The van der Waals surface area contributed by atoms with Gasteiger partial charge in [-0.05, 0) is 24.1 Å². The predicted molar refractivity (Wildman–Crippen MR) is 84.5 cm³/mol. The van der Waals surface area contributed by atoms with E-state index in [1.54, 1.807) is 12.1 Å². The second-order valence-corrected chi connectivity index (χ2v) is 5.62. The summed E-state index contributed by atoms with van der Waals surface area (Å²) in [7, 11) is 0. The van der Waals surface area contributed by atoms with Crippen LogP contribution in [0.2, 0.25) is 0 Å². The second-order valence-electron chi connectivity index (χ2n) is 5.62. The van der Waals surface area contributed by atoms with Crippen molar-refractivity contribution in [2.45, 2.75) is 51.9 Å². The van der Waals surface area contributed by atoms with Crippen LogP contribution in [0.25, 0.3) is 0 Å². The van der Waals surface area contributed by atoms with Crippen LogP contribution in [0.15, 0.2) is 18.2 Å². The molecule has 0 saturated carbocycles. The molecule has 0 unspecified atom stereocenters. The molecule has 1 heterocycles. The second kappa shape index (κ2) is 7.81. The molecule has 1 aromatic carbocycles. The van der Waals surface area contributed by atoms with E-state index in [2.05, 4.69) is 17.6 Å². The Balaban J connectivity index is 1.72. The lowest BCUT2D eigenvalue weighted by Gasteiger charge is -2.07. The van der Waals surface area contributed by atoms with Gasteiger partial charge in [0.1, 0.15) is 0 Å². The highest BCUT2D eigenvalue weighted by Crippen LogP contribution is 2.23. The lowest BCUT2D eigenvalue weighted by molar-refractivity contribution is -0.115. The summed E-state index contributed by atoms with van der Waals surface area (Å²) in [4.78, 5) is 23.3. The Hall–Kier alpha value is -1.84. The Labute approximate surface area is 126 Å². The van der Waals surface area contributed by atoms with Crippen molar-refractivity contribution in [3.63, 3.8) is 0 Å². The number of hydrogen-bond donors (Lipinski definition) is 2. The van der Waals surface area contributed by atoms with E-state index in [1.807, 2.05) is 6.07 Å². The van der Waals surface area contributed by atoms with Crippen molar-refractivity contribution in [3.8, 4) is 0 Å². The van der Waals surface area contributed by atoms with Gasteiger partial charge in [0.05, 0.1) is 6.42 Å². The number of carbonyl (C=O) groups excluding carboxylic acids is 2. The van der Waals surface area contributed by atoms with Crippen molar-refractivity contribution in [1.82, 2.24) is 5.32 Å². The highest BCUT2D eigenvalue weighted by atomic mass is 16.2. The fourth-order valence-electron chi connectivity index (χ4n) is 2.56. The van der Waals surface area contributed by atoms with E-state index in [0.717, 1.165) is 17.7 Å². The highest BCUT2D eigenvalue weighted by Gasteiger charge is 2.18. The first-order valence-corrected chi connectivity index (χ1v) is 7.91. The van der Waals surface area contributed by atoms with Crippen LogP contribution in [-0.4, -0.2) is 18.4 Å². The van der Waals surface area contributed by atoms with Crippen LogP contribution in [0.4, 0.5) is 5.69 Å². The topological polar surface area (TPSA) is 58.2 Å². The third-order valence-electron chi connectivity index (χ3n) is 3.81. The summed E-state index contributed by atoms with van der Waals surface area (Å²) >= 11 is 0. The first kappa shape index (κ1) is 15.5. The van der Waals surface area contributed by atoms with E-state index in [-0.39, 0.29) is 11.8 Å². The van der Waals surface area contributed by atoms with Gasteiger partial charge in [0.15, 0.2) is 0 Å². The molecule has 0 atom stereocenters. The zero-order valence-electron chi connectivity index (χ0n) is 12.7. The van der Waals surface area contributed by atoms with Crippen LogP contribution >= 0.6 is 0 Å². The maximum atomic E-state index is 12.0. The van der Waals surface area contributed by atoms with Gasteiger partial charge in [-0.3, -0.25) is 9.59 Å². The molecule has 4 nitrogen and oxygen atoms in total. The van der Waals surface area contributed by atoms with Gasteiger partial charge in [-0.2, -0.15) is 0 Å². The number of nitrogens with one attached hydrogen (secondary N) is 2. The van der Waals surface area contributed by atoms with E-state index in [1.165, 1.54) is 32.1 Å². The van der Waals surface area contributed by atoms with Crippen molar-refractivity contribution in [2.75, 3.05) is 11.9 Å². The van der Waals surface area contributed by atoms with Gasteiger partial charge in [-0.1, -0.05) is 45.1 Å². The molecule has 2 N–H and O–H groups in total. The third-order valence-corrected chi connectivity index (χ3v) is 3.81. The summed E-state index contributed by atoms with van der Waals surface area (Å²) < 4.78 is 0. The molecule has 21 heavy (non-hydrogen) atoms. The first-order valence-electron chi connectivity index (χ1n) is 7.91. The molecule has 0 radical (unpaired) electrons. The maximum Gasteiger partial charge on any atom is 0.251 e. The van der Waals surface area contributed by atoms with Crippen LogP contribution in [0, 0.1) is 0 Å². The van der Waals surface area contributed by atoms with Crippen LogP contribution in [0.3, 0.4) is 0 Å². The Bertz CT molecular complexity index is 512. The number of anilines is 1. The van der Waals surface area contributed by atoms with E-state index < -0.39 is 0 Å². The quantitative estimate of drug-likeness (QED) is 0.721. The number of amides is 2. The molecule has 1 aliphatic heterocycles. The normalized spacial score (nSPS) is 12.9. The van der Waals surface area contributed by atoms with Crippen LogP contribution in [0.1, 0.15) is 61.4 Å². The zero-order chi connectivity index (χ0) is 15.1. The van der Waals surface area contributed by atoms with E-state index >= 15 is 0 Å². The Morgan fingerprint density at radius 1 is 1.19 bits per heavy atom. The molecule has 0 spiro atoms. The van der Waals surface area contributed by atoms with Gasteiger partial charge in [0.25, 0.3) is 5.91 Å². The van der Waals surface area contributed by atoms with Crippen molar-refractivity contribution < 1.29 is 9.59 Å². The largest absolute Gasteiger partial charge is 0.352 e. The molecule has 1 aliphatic rings. The average molecular weight is 288 g/mol. The fraction of sp³-hybridized carbons (Fsp3) is 0.529. The van der Waals surface area contributed by atoms with Gasteiger partial charge >= 0.3 is 0 Å². The lowest BCUT2D eigenvalue weighted by Crippen LogP contribution is -2.24. The number of rotatable bonds is 8. The van der Waals surface area contributed by atoms with Crippen molar-refractivity contribution >= 4 is 17.5 Å². The minimum absolute atomic E-state index is 0.00497. The molecular formula is C17H24N2O2. The van der Waals surface area contributed by atoms with Crippen LogP contribution in [-0.2, 0) is 11.2 Å². The number of carbonyl (C=O) groups is 2. The van der Waals surface area contributed by atoms with Crippen LogP contribution in [0.5, 0.6) is 0 Å². The summed E-state index contributed by atoms with van der Waals surface area (Å²) in [6.45, 7) is 2.92. The Kier molecular flexibility index (Phi) is 5.78. The predicted octanol–water partition coefficient (Wildman–Crippen LogP) is 3.27. The summed E-state index contributed by atoms with van der Waals surface area (Å²) in [6, 6.07) is 5.40. The minimum atomic E-state index is -0.0625. The standard InChI is InChI=1S/C17H24N2O2/c1-2-3-4-5-6-7-10-18-17(21)14-9-8-13-12-16(20)19-15(13)11-14/h8-9,11H,2-7,10,12H2,1H3,(H,18,21)(H,19,20).